The van der Waals surface area contributed by atoms with E-state index < -0.39 is 0 Å². The highest BCUT2D eigenvalue weighted by molar-refractivity contribution is 7.17. The van der Waals surface area contributed by atoms with Gasteiger partial charge in [-0.1, -0.05) is 41.7 Å². The van der Waals surface area contributed by atoms with E-state index in [2.05, 4.69) is 9.97 Å². The zero-order chi connectivity index (χ0) is 16.4. The topological polar surface area (TPSA) is 72.1 Å². The Morgan fingerprint density at radius 1 is 1.26 bits per heavy atom. The minimum atomic E-state index is -0.0778. The molecule has 23 heavy (non-hydrogen) atoms. The molecule has 1 aromatic carbocycles. The van der Waals surface area contributed by atoms with Crippen molar-refractivity contribution in [2.24, 2.45) is 0 Å². The zero-order valence-corrected chi connectivity index (χ0v) is 14.4. The third-order valence-electron chi connectivity index (χ3n) is 3.33. The Bertz CT molecular complexity index is 826. The quantitative estimate of drug-likeness (QED) is 0.787. The van der Waals surface area contributed by atoms with Crippen LogP contribution in [0, 0.1) is 6.92 Å². The van der Waals surface area contributed by atoms with Crippen LogP contribution in [0.15, 0.2) is 35.7 Å². The van der Waals surface area contributed by atoms with Crippen molar-refractivity contribution in [1.82, 2.24) is 14.9 Å². The Morgan fingerprint density at radius 3 is 2.65 bits per heavy atom. The summed E-state index contributed by atoms with van der Waals surface area (Å²) in [7, 11) is 1.76. The molecule has 2 heterocycles. The largest absolute Gasteiger partial charge is 0.375 e. The number of rotatable bonds is 4. The van der Waals surface area contributed by atoms with Gasteiger partial charge in [0.25, 0.3) is 5.91 Å². The molecule has 0 fully saturated rings. The molecule has 7 heteroatoms. The molecule has 0 aliphatic rings. The van der Waals surface area contributed by atoms with Crippen LogP contribution in [0.3, 0.4) is 0 Å². The van der Waals surface area contributed by atoms with Crippen LogP contribution in [0.5, 0.6) is 0 Å². The second-order valence-corrected chi connectivity index (χ2v) is 7.03. The standard InChI is InChI=1S/C16H16N4OS2/c1-10-13(23-16(17)18-10)15(21)20(2)8-12-9-22-14(19-12)11-6-4-3-5-7-11/h3-7,9H,8H2,1-2H3,(H2,17,18). The highest BCUT2D eigenvalue weighted by atomic mass is 32.1. The number of hydrogen-bond acceptors (Lipinski definition) is 6. The van der Waals surface area contributed by atoms with Crippen LogP contribution in [0.2, 0.25) is 0 Å². The van der Waals surface area contributed by atoms with Crippen molar-refractivity contribution < 1.29 is 4.79 Å². The van der Waals surface area contributed by atoms with Crippen LogP contribution >= 0.6 is 22.7 Å². The second kappa shape index (κ2) is 6.47. The van der Waals surface area contributed by atoms with Crippen LogP contribution in [-0.2, 0) is 6.54 Å². The molecule has 0 radical (unpaired) electrons. The smallest absolute Gasteiger partial charge is 0.266 e. The van der Waals surface area contributed by atoms with E-state index in [1.807, 2.05) is 35.7 Å². The third kappa shape index (κ3) is 3.40. The Labute approximate surface area is 142 Å². The first-order chi connectivity index (χ1) is 11.0. The number of aromatic nitrogens is 2. The van der Waals surface area contributed by atoms with Gasteiger partial charge in [0.15, 0.2) is 5.13 Å². The number of carbonyl (C=O) groups is 1. The van der Waals surface area contributed by atoms with Crippen LogP contribution in [-0.4, -0.2) is 27.8 Å². The first kappa shape index (κ1) is 15.6. The summed E-state index contributed by atoms with van der Waals surface area (Å²) in [6, 6.07) is 10.0. The minimum absolute atomic E-state index is 0.0778. The van der Waals surface area contributed by atoms with Gasteiger partial charge in [0.2, 0.25) is 0 Å². The average Bonchev–Trinajstić information content (AvgIpc) is 3.13. The van der Waals surface area contributed by atoms with Gasteiger partial charge in [-0.2, -0.15) is 0 Å². The molecule has 2 N–H and O–H groups in total. The summed E-state index contributed by atoms with van der Waals surface area (Å²) in [5.41, 5.74) is 8.30. The van der Waals surface area contributed by atoms with Gasteiger partial charge in [-0.25, -0.2) is 9.97 Å². The number of hydrogen-bond donors (Lipinski definition) is 1. The van der Waals surface area contributed by atoms with Gasteiger partial charge in [0, 0.05) is 18.0 Å². The highest BCUT2D eigenvalue weighted by Gasteiger charge is 2.19. The number of benzene rings is 1. The van der Waals surface area contributed by atoms with Crippen LogP contribution < -0.4 is 5.73 Å². The molecule has 2 aromatic heterocycles. The first-order valence-electron chi connectivity index (χ1n) is 7.03. The van der Waals surface area contributed by atoms with Gasteiger partial charge >= 0.3 is 0 Å². The van der Waals surface area contributed by atoms with Gasteiger partial charge in [-0.05, 0) is 6.92 Å². The van der Waals surface area contributed by atoms with Crippen LogP contribution in [0.25, 0.3) is 10.6 Å². The lowest BCUT2D eigenvalue weighted by Crippen LogP contribution is -2.26. The van der Waals surface area contributed by atoms with Gasteiger partial charge < -0.3 is 10.6 Å². The second-order valence-electron chi connectivity index (χ2n) is 5.14. The monoisotopic (exact) mass is 344 g/mol. The summed E-state index contributed by atoms with van der Waals surface area (Å²) < 4.78 is 0. The molecule has 1 amide bonds. The van der Waals surface area contributed by atoms with Crippen molar-refractivity contribution in [2.75, 3.05) is 12.8 Å². The van der Waals surface area contributed by atoms with Crippen LogP contribution in [0.4, 0.5) is 5.13 Å². The maximum absolute atomic E-state index is 12.5. The van der Waals surface area contributed by atoms with Crippen molar-refractivity contribution in [1.29, 1.82) is 0 Å². The Balaban J connectivity index is 1.73. The fourth-order valence-corrected chi connectivity index (χ4v) is 3.84. The summed E-state index contributed by atoms with van der Waals surface area (Å²) in [6.07, 6.45) is 0. The maximum atomic E-state index is 12.5. The molecule has 118 valence electrons. The van der Waals surface area contributed by atoms with E-state index in [-0.39, 0.29) is 5.91 Å². The summed E-state index contributed by atoms with van der Waals surface area (Å²) in [5, 5.41) is 3.36. The number of thiazole rings is 2. The van der Waals surface area contributed by atoms with Crippen molar-refractivity contribution >= 4 is 33.7 Å². The normalized spacial score (nSPS) is 10.7. The third-order valence-corrected chi connectivity index (χ3v) is 5.24. The molecule has 0 bridgehead atoms. The van der Waals surface area contributed by atoms with Crippen molar-refractivity contribution in [3.63, 3.8) is 0 Å². The summed E-state index contributed by atoms with van der Waals surface area (Å²) in [5.74, 6) is -0.0778. The Hall–Kier alpha value is -2.25. The van der Waals surface area contributed by atoms with E-state index in [0.29, 0.717) is 22.2 Å². The average molecular weight is 344 g/mol. The number of anilines is 1. The summed E-state index contributed by atoms with van der Waals surface area (Å²) >= 11 is 2.80. The van der Waals surface area contributed by atoms with Crippen molar-refractivity contribution in [3.05, 3.63) is 52.0 Å². The molecule has 0 atom stereocenters. The molecule has 5 nitrogen and oxygen atoms in total. The highest BCUT2D eigenvalue weighted by Crippen LogP contribution is 2.25. The number of amides is 1. The van der Waals surface area contributed by atoms with Gasteiger partial charge in [0.1, 0.15) is 9.88 Å². The number of carbonyl (C=O) groups excluding carboxylic acids is 1. The SMILES string of the molecule is Cc1nc(N)sc1C(=O)N(C)Cc1csc(-c2ccccc2)n1. The minimum Gasteiger partial charge on any atom is -0.375 e. The predicted molar refractivity (Wildman–Crippen MR) is 94.6 cm³/mol. The van der Waals surface area contributed by atoms with Crippen molar-refractivity contribution in [2.45, 2.75) is 13.5 Å². The van der Waals surface area contributed by atoms with Crippen molar-refractivity contribution in [3.8, 4) is 10.6 Å². The molecule has 3 aromatic rings. The van der Waals surface area contributed by atoms with E-state index in [1.54, 1.807) is 30.2 Å². The summed E-state index contributed by atoms with van der Waals surface area (Å²) in [6.45, 7) is 2.25. The summed E-state index contributed by atoms with van der Waals surface area (Å²) in [4.78, 5) is 23.4. The zero-order valence-electron chi connectivity index (χ0n) is 12.8. The molecular formula is C16H16N4OS2. The number of nitrogen functional groups attached to an aromatic ring is 1. The first-order valence-corrected chi connectivity index (χ1v) is 8.72. The molecule has 0 spiro atoms. The van der Waals surface area contributed by atoms with Crippen LogP contribution in [0.1, 0.15) is 21.1 Å². The lowest BCUT2D eigenvalue weighted by atomic mass is 10.2. The molecule has 0 aliphatic carbocycles. The van der Waals surface area contributed by atoms with Gasteiger partial charge in [-0.15, -0.1) is 11.3 Å². The predicted octanol–water partition coefficient (Wildman–Crippen LogP) is 3.43. The number of aryl methyl sites for hydroxylation is 1. The van der Waals surface area contributed by atoms with E-state index in [9.17, 15) is 4.79 Å². The number of nitrogens with two attached hydrogens (primary N) is 1. The lowest BCUT2D eigenvalue weighted by molar-refractivity contribution is 0.0787. The molecular weight excluding hydrogens is 328 g/mol. The molecule has 0 saturated heterocycles. The van der Waals surface area contributed by atoms with Gasteiger partial charge in [-0.3, -0.25) is 4.79 Å². The van der Waals surface area contributed by atoms with E-state index in [1.165, 1.54) is 11.3 Å². The lowest BCUT2D eigenvalue weighted by Gasteiger charge is -2.14. The molecule has 3 rings (SSSR count). The Kier molecular flexibility index (Phi) is 4.40. The van der Waals surface area contributed by atoms with Gasteiger partial charge in [0.05, 0.1) is 17.9 Å². The van der Waals surface area contributed by atoms with E-state index >= 15 is 0 Å². The fourth-order valence-electron chi connectivity index (χ4n) is 2.20. The maximum Gasteiger partial charge on any atom is 0.266 e. The van der Waals surface area contributed by atoms with E-state index in [0.717, 1.165) is 16.3 Å². The molecule has 0 unspecified atom stereocenters. The fraction of sp³-hybridized carbons (Fsp3) is 0.188. The molecule has 0 saturated carbocycles. The molecule has 0 aliphatic heterocycles. The Morgan fingerprint density at radius 2 is 2.00 bits per heavy atom. The number of nitrogens with zero attached hydrogens (tertiary/aromatic N) is 3. The van der Waals surface area contributed by atoms with E-state index in [4.69, 9.17) is 5.73 Å².